The number of anilines is 1. The lowest BCUT2D eigenvalue weighted by Gasteiger charge is -2.30. The second kappa shape index (κ2) is 8.04. The van der Waals surface area contributed by atoms with Gasteiger partial charge in [-0.3, -0.25) is 9.69 Å². The minimum absolute atomic E-state index is 0.190. The summed E-state index contributed by atoms with van der Waals surface area (Å²) in [5.74, 6) is 0.259. The first kappa shape index (κ1) is 17.3. The van der Waals surface area contributed by atoms with Gasteiger partial charge < -0.3 is 15.7 Å². The van der Waals surface area contributed by atoms with Crippen LogP contribution in [-0.2, 0) is 13.0 Å². The zero-order valence-corrected chi connectivity index (χ0v) is 14.3. The fourth-order valence-corrected chi connectivity index (χ4v) is 2.99. The quantitative estimate of drug-likeness (QED) is 0.715. The van der Waals surface area contributed by atoms with Crippen molar-refractivity contribution in [3.05, 3.63) is 53.5 Å². The molecule has 0 saturated heterocycles. The Morgan fingerprint density at radius 3 is 2.92 bits per heavy atom. The van der Waals surface area contributed by atoms with Crippen LogP contribution in [0.3, 0.4) is 0 Å². The average Bonchev–Trinajstić information content (AvgIpc) is 2.66. The van der Waals surface area contributed by atoms with Crippen LogP contribution in [0.4, 0.5) is 5.82 Å². The second-order valence-electron chi connectivity index (χ2n) is 6.16. The van der Waals surface area contributed by atoms with E-state index in [0.717, 1.165) is 19.5 Å². The highest BCUT2D eigenvalue weighted by atomic mass is 16.3. The highest BCUT2D eigenvalue weighted by molar-refractivity contribution is 5.92. The highest BCUT2D eigenvalue weighted by Gasteiger charge is 2.19. The largest absolute Gasteiger partial charge is 0.390 e. The Labute approximate surface area is 147 Å². The molecule has 7 nitrogen and oxygen atoms in total. The Hall–Kier alpha value is -2.51. The number of carbonyl (C=O) groups is 1. The molecule has 1 atom stereocenters. The molecule has 0 spiro atoms. The van der Waals surface area contributed by atoms with Gasteiger partial charge in [0.05, 0.1) is 6.10 Å². The maximum atomic E-state index is 12.1. The molecule has 1 aliphatic rings. The van der Waals surface area contributed by atoms with Crippen LogP contribution in [0.1, 0.15) is 21.6 Å². The lowest BCUT2D eigenvalue weighted by molar-refractivity contribution is 0.0838. The number of benzene rings is 1. The van der Waals surface area contributed by atoms with Gasteiger partial charge in [0.2, 0.25) is 0 Å². The topological polar surface area (TPSA) is 90.4 Å². The number of carbonyl (C=O) groups excluding carboxylic acids is 1. The molecule has 1 unspecified atom stereocenters. The van der Waals surface area contributed by atoms with E-state index in [1.54, 1.807) is 13.1 Å². The molecule has 7 heteroatoms. The van der Waals surface area contributed by atoms with Crippen molar-refractivity contribution in [2.75, 3.05) is 32.0 Å². The number of hydrogen-bond donors (Lipinski definition) is 3. The van der Waals surface area contributed by atoms with E-state index in [2.05, 4.69) is 43.7 Å². The summed E-state index contributed by atoms with van der Waals surface area (Å²) < 4.78 is 0. The highest BCUT2D eigenvalue weighted by Crippen LogP contribution is 2.18. The first-order valence-corrected chi connectivity index (χ1v) is 8.41. The number of aliphatic hydroxyl groups excluding tert-OH is 1. The zero-order chi connectivity index (χ0) is 17.6. The van der Waals surface area contributed by atoms with Crippen molar-refractivity contribution >= 4 is 11.7 Å². The third-order valence-corrected chi connectivity index (χ3v) is 4.33. The minimum Gasteiger partial charge on any atom is -0.390 e. The van der Waals surface area contributed by atoms with Crippen molar-refractivity contribution in [1.82, 2.24) is 20.2 Å². The van der Waals surface area contributed by atoms with Crippen LogP contribution < -0.4 is 10.6 Å². The molecule has 1 aromatic heterocycles. The predicted molar refractivity (Wildman–Crippen MR) is 95.3 cm³/mol. The molecule has 2 aromatic rings. The van der Waals surface area contributed by atoms with E-state index < -0.39 is 6.10 Å². The van der Waals surface area contributed by atoms with E-state index in [-0.39, 0.29) is 18.1 Å². The normalized spacial score (nSPS) is 15.3. The number of hydrogen-bond acceptors (Lipinski definition) is 6. The van der Waals surface area contributed by atoms with Gasteiger partial charge in [-0.1, -0.05) is 24.3 Å². The number of fused-ring (bicyclic) bond motifs is 1. The van der Waals surface area contributed by atoms with Gasteiger partial charge in [-0.05, 0) is 17.5 Å². The lowest BCUT2D eigenvalue weighted by atomic mass is 10.00. The molecule has 0 aliphatic carbocycles. The molecule has 1 amide bonds. The molecular weight excluding hydrogens is 318 g/mol. The van der Waals surface area contributed by atoms with E-state index in [4.69, 9.17) is 0 Å². The summed E-state index contributed by atoms with van der Waals surface area (Å²) >= 11 is 0. The van der Waals surface area contributed by atoms with Gasteiger partial charge in [0.1, 0.15) is 17.8 Å². The third-order valence-electron chi connectivity index (χ3n) is 4.33. The molecule has 0 bridgehead atoms. The van der Waals surface area contributed by atoms with Crippen LogP contribution in [0, 0.1) is 0 Å². The fourth-order valence-electron chi connectivity index (χ4n) is 2.99. The van der Waals surface area contributed by atoms with Crippen molar-refractivity contribution in [2.45, 2.75) is 19.1 Å². The summed E-state index contributed by atoms with van der Waals surface area (Å²) in [6, 6.07) is 9.96. The monoisotopic (exact) mass is 341 g/mol. The van der Waals surface area contributed by atoms with Crippen molar-refractivity contribution in [3.8, 4) is 0 Å². The van der Waals surface area contributed by atoms with Crippen LogP contribution in [0.5, 0.6) is 0 Å². The molecule has 0 fully saturated rings. The number of rotatable bonds is 6. The Morgan fingerprint density at radius 1 is 1.32 bits per heavy atom. The van der Waals surface area contributed by atoms with E-state index in [0.29, 0.717) is 12.4 Å². The molecule has 0 radical (unpaired) electrons. The number of amides is 1. The molecule has 132 valence electrons. The molecule has 1 aromatic carbocycles. The van der Waals surface area contributed by atoms with E-state index in [1.807, 2.05) is 6.07 Å². The zero-order valence-electron chi connectivity index (χ0n) is 14.3. The maximum absolute atomic E-state index is 12.1. The summed E-state index contributed by atoms with van der Waals surface area (Å²) in [5, 5.41) is 15.8. The number of nitrogens with zero attached hydrogens (tertiary/aromatic N) is 3. The van der Waals surface area contributed by atoms with E-state index >= 15 is 0 Å². The lowest BCUT2D eigenvalue weighted by Crippen LogP contribution is -2.42. The van der Waals surface area contributed by atoms with Gasteiger partial charge in [0.15, 0.2) is 0 Å². The van der Waals surface area contributed by atoms with E-state index in [9.17, 15) is 9.90 Å². The predicted octanol–water partition coefficient (Wildman–Crippen LogP) is 0.667. The molecule has 1 aliphatic heterocycles. The molecular formula is C18H23N5O2. The Morgan fingerprint density at radius 2 is 2.12 bits per heavy atom. The Bertz CT molecular complexity index is 737. The average molecular weight is 341 g/mol. The number of aliphatic hydroxyl groups is 1. The molecule has 25 heavy (non-hydrogen) atoms. The second-order valence-corrected chi connectivity index (χ2v) is 6.16. The van der Waals surface area contributed by atoms with Crippen molar-refractivity contribution in [2.24, 2.45) is 0 Å². The summed E-state index contributed by atoms with van der Waals surface area (Å²) in [4.78, 5) is 22.3. The first-order valence-electron chi connectivity index (χ1n) is 8.41. The van der Waals surface area contributed by atoms with Crippen LogP contribution in [0.25, 0.3) is 0 Å². The fraction of sp³-hybridized carbons (Fsp3) is 0.389. The summed E-state index contributed by atoms with van der Waals surface area (Å²) in [5.41, 5.74) is 2.97. The maximum Gasteiger partial charge on any atom is 0.270 e. The van der Waals surface area contributed by atoms with Crippen molar-refractivity contribution in [3.63, 3.8) is 0 Å². The number of aromatic nitrogens is 2. The summed E-state index contributed by atoms with van der Waals surface area (Å²) in [7, 11) is 1.73. The van der Waals surface area contributed by atoms with Crippen LogP contribution >= 0.6 is 0 Å². The number of β-amino-alcohol motifs (C(OH)–C–C–N with tert-alkyl or cyclic N) is 1. The Balaban J connectivity index is 1.48. The smallest absolute Gasteiger partial charge is 0.270 e. The molecule has 0 saturated carbocycles. The van der Waals surface area contributed by atoms with E-state index in [1.165, 1.54) is 17.5 Å². The molecule has 3 N–H and O–H groups in total. The Kier molecular flexibility index (Phi) is 5.57. The SMILES string of the molecule is CNc1cc(C(=O)NCC(O)CN2CCc3ccccc3C2)ncn1. The van der Waals surface area contributed by atoms with Gasteiger partial charge in [-0.25, -0.2) is 9.97 Å². The van der Waals surface area contributed by atoms with Gasteiger partial charge in [0.25, 0.3) is 5.91 Å². The van der Waals surface area contributed by atoms with Crippen molar-refractivity contribution < 1.29 is 9.90 Å². The first-order chi connectivity index (χ1) is 12.2. The number of nitrogens with one attached hydrogen (secondary N) is 2. The van der Waals surface area contributed by atoms with Crippen LogP contribution in [-0.4, -0.2) is 58.7 Å². The third kappa shape index (κ3) is 4.52. The standard InChI is InChI=1S/C18H23N5O2/c1-19-17-8-16(21-12-22-17)18(25)20-9-15(24)11-23-7-6-13-4-2-3-5-14(13)10-23/h2-5,8,12,15,24H,6-7,9-11H2,1H3,(H,20,25)(H,19,21,22). The van der Waals surface area contributed by atoms with Gasteiger partial charge in [-0.15, -0.1) is 0 Å². The minimum atomic E-state index is -0.625. The summed E-state index contributed by atoms with van der Waals surface area (Å²) in [6.07, 6.45) is 1.70. The van der Waals surface area contributed by atoms with Gasteiger partial charge in [-0.2, -0.15) is 0 Å². The summed E-state index contributed by atoms with van der Waals surface area (Å²) in [6.45, 7) is 2.47. The van der Waals surface area contributed by atoms with Gasteiger partial charge in [0, 0.05) is 39.3 Å². The molecule has 3 rings (SSSR count). The van der Waals surface area contributed by atoms with Gasteiger partial charge >= 0.3 is 0 Å². The van der Waals surface area contributed by atoms with Crippen LogP contribution in [0.15, 0.2) is 36.7 Å². The van der Waals surface area contributed by atoms with Crippen LogP contribution in [0.2, 0.25) is 0 Å². The molecule has 2 heterocycles. The van der Waals surface area contributed by atoms with Crippen molar-refractivity contribution in [1.29, 1.82) is 0 Å².